The third-order valence-corrected chi connectivity index (χ3v) is 4.56. The third kappa shape index (κ3) is 4.05. The van der Waals surface area contributed by atoms with Crippen molar-refractivity contribution in [2.24, 2.45) is 0 Å². The van der Waals surface area contributed by atoms with Crippen LogP contribution in [0.3, 0.4) is 0 Å². The van der Waals surface area contributed by atoms with Gasteiger partial charge in [0.25, 0.3) is 0 Å². The zero-order valence-electron chi connectivity index (χ0n) is 15.0. The minimum Gasteiger partial charge on any atom is -0.382 e. The van der Waals surface area contributed by atoms with Gasteiger partial charge in [-0.1, -0.05) is 36.4 Å². The first kappa shape index (κ1) is 17.2. The maximum atomic E-state index is 11.3. The van der Waals surface area contributed by atoms with Crippen molar-refractivity contribution in [2.45, 2.75) is 39.7 Å². The number of carbonyl (C=O) groups is 1. The smallest absolute Gasteiger partial charge is 0.161 e. The Morgan fingerprint density at radius 1 is 1.12 bits per heavy atom. The van der Waals surface area contributed by atoms with Gasteiger partial charge < -0.3 is 5.32 Å². The SMILES string of the molecule is CC(=O)c1cc2ccccc2nc1C.CC1CCc2ccccc2N1. The molecule has 3 aromatic rings. The lowest BCUT2D eigenvalue weighted by atomic mass is 9.99. The molecule has 25 heavy (non-hydrogen) atoms. The number of nitrogens with one attached hydrogen (secondary N) is 1. The van der Waals surface area contributed by atoms with Crippen LogP contribution in [0.25, 0.3) is 10.9 Å². The van der Waals surface area contributed by atoms with Gasteiger partial charge >= 0.3 is 0 Å². The van der Waals surface area contributed by atoms with Gasteiger partial charge in [-0.2, -0.15) is 0 Å². The molecule has 3 nitrogen and oxygen atoms in total. The number of rotatable bonds is 1. The van der Waals surface area contributed by atoms with Crippen molar-refractivity contribution in [3.8, 4) is 0 Å². The molecule has 1 unspecified atom stereocenters. The normalized spacial score (nSPS) is 15.6. The molecule has 1 aliphatic heterocycles. The van der Waals surface area contributed by atoms with Gasteiger partial charge in [-0.25, -0.2) is 0 Å². The van der Waals surface area contributed by atoms with Crippen LogP contribution in [-0.2, 0) is 6.42 Å². The highest BCUT2D eigenvalue weighted by Gasteiger charge is 2.11. The zero-order chi connectivity index (χ0) is 17.8. The van der Waals surface area contributed by atoms with Gasteiger partial charge in [0.1, 0.15) is 0 Å². The number of carbonyl (C=O) groups excluding carboxylic acids is 1. The van der Waals surface area contributed by atoms with Crippen LogP contribution < -0.4 is 5.32 Å². The molecule has 0 saturated heterocycles. The molecule has 4 rings (SSSR count). The summed E-state index contributed by atoms with van der Waals surface area (Å²) >= 11 is 0. The Hall–Kier alpha value is -2.68. The fourth-order valence-electron chi connectivity index (χ4n) is 3.16. The number of anilines is 1. The largest absolute Gasteiger partial charge is 0.382 e. The number of nitrogens with zero attached hydrogens (tertiary/aromatic N) is 1. The van der Waals surface area contributed by atoms with Crippen LogP contribution in [0.4, 0.5) is 5.69 Å². The molecule has 2 aromatic carbocycles. The molecule has 128 valence electrons. The number of ketones is 1. The molecule has 0 amide bonds. The number of hydrogen-bond donors (Lipinski definition) is 1. The van der Waals surface area contributed by atoms with Crippen molar-refractivity contribution < 1.29 is 4.79 Å². The Morgan fingerprint density at radius 3 is 2.64 bits per heavy atom. The summed E-state index contributed by atoms with van der Waals surface area (Å²) in [4.78, 5) is 15.6. The molecule has 0 fully saturated rings. The quantitative estimate of drug-likeness (QED) is 0.624. The number of aromatic nitrogens is 1. The summed E-state index contributed by atoms with van der Waals surface area (Å²) in [5.74, 6) is 0.0701. The lowest BCUT2D eigenvalue weighted by Gasteiger charge is -2.23. The summed E-state index contributed by atoms with van der Waals surface area (Å²) in [7, 11) is 0. The fraction of sp³-hybridized carbons (Fsp3) is 0.273. The average Bonchev–Trinajstić information content (AvgIpc) is 2.61. The van der Waals surface area contributed by atoms with Crippen LogP contribution in [0, 0.1) is 6.92 Å². The van der Waals surface area contributed by atoms with Crippen LogP contribution in [0.1, 0.15) is 41.9 Å². The Labute approximate surface area is 149 Å². The number of Topliss-reactive ketones (excluding diaryl/α,β-unsaturated/α-hetero) is 1. The molecule has 0 aliphatic carbocycles. The van der Waals surface area contributed by atoms with Crippen molar-refractivity contribution in [3.05, 3.63) is 71.4 Å². The molecule has 1 N–H and O–H groups in total. The van der Waals surface area contributed by atoms with Crippen molar-refractivity contribution in [1.82, 2.24) is 4.98 Å². The highest BCUT2D eigenvalue weighted by Crippen LogP contribution is 2.23. The zero-order valence-corrected chi connectivity index (χ0v) is 15.0. The van der Waals surface area contributed by atoms with Gasteiger partial charge in [0, 0.05) is 28.4 Å². The monoisotopic (exact) mass is 332 g/mol. The van der Waals surface area contributed by atoms with E-state index in [0.717, 1.165) is 16.6 Å². The van der Waals surface area contributed by atoms with Crippen molar-refractivity contribution in [1.29, 1.82) is 0 Å². The fourth-order valence-corrected chi connectivity index (χ4v) is 3.16. The van der Waals surface area contributed by atoms with E-state index in [1.54, 1.807) is 6.92 Å². The second kappa shape index (κ2) is 7.47. The second-order valence-electron chi connectivity index (χ2n) is 6.61. The standard InChI is InChI=1S/C12H11NO.C10H13N/c1-8-11(9(2)14)7-10-5-3-4-6-12(10)13-8;1-8-6-7-9-4-2-3-5-10(9)11-8/h3-7H,1-2H3;2-5,8,11H,6-7H2,1H3. The highest BCUT2D eigenvalue weighted by atomic mass is 16.1. The number of aryl methyl sites for hydroxylation is 2. The highest BCUT2D eigenvalue weighted by molar-refractivity contribution is 5.98. The molecule has 0 spiro atoms. The first-order valence-corrected chi connectivity index (χ1v) is 8.76. The van der Waals surface area contributed by atoms with E-state index >= 15 is 0 Å². The molecule has 0 radical (unpaired) electrons. The second-order valence-corrected chi connectivity index (χ2v) is 6.61. The van der Waals surface area contributed by atoms with Gasteiger partial charge in [0.15, 0.2) is 5.78 Å². The predicted molar refractivity (Wildman–Crippen MR) is 104 cm³/mol. The van der Waals surface area contributed by atoms with Crippen molar-refractivity contribution in [3.63, 3.8) is 0 Å². The van der Waals surface area contributed by atoms with Crippen molar-refractivity contribution >= 4 is 22.4 Å². The number of fused-ring (bicyclic) bond motifs is 2. The van der Waals surface area contributed by atoms with Gasteiger partial charge in [0.2, 0.25) is 0 Å². The predicted octanol–water partition coefficient (Wildman–Crippen LogP) is 5.18. The summed E-state index contributed by atoms with van der Waals surface area (Å²) in [6.45, 7) is 5.66. The van der Waals surface area contributed by atoms with E-state index in [1.807, 2.05) is 37.3 Å². The summed E-state index contributed by atoms with van der Waals surface area (Å²) in [6, 6.07) is 18.9. The summed E-state index contributed by atoms with van der Waals surface area (Å²) in [5.41, 5.74) is 5.24. The van der Waals surface area contributed by atoms with Gasteiger partial charge in [-0.3, -0.25) is 9.78 Å². The maximum absolute atomic E-state index is 11.3. The Kier molecular flexibility index (Phi) is 5.13. The van der Waals surface area contributed by atoms with Crippen LogP contribution in [0.2, 0.25) is 0 Å². The molecule has 3 heteroatoms. The first-order chi connectivity index (χ1) is 12.0. The number of pyridine rings is 1. The summed E-state index contributed by atoms with van der Waals surface area (Å²) < 4.78 is 0. The lowest BCUT2D eigenvalue weighted by molar-refractivity contribution is 0.101. The molecule has 0 bridgehead atoms. The number of benzene rings is 2. The Bertz CT molecular complexity index is 901. The summed E-state index contributed by atoms with van der Waals surface area (Å²) in [6.07, 6.45) is 2.49. The van der Waals surface area contributed by atoms with Crippen LogP contribution in [0.5, 0.6) is 0 Å². The average molecular weight is 332 g/mol. The van der Waals surface area contributed by atoms with Gasteiger partial charge in [0.05, 0.1) is 5.52 Å². The van der Waals surface area contributed by atoms with Crippen LogP contribution >= 0.6 is 0 Å². The molecule has 0 saturated carbocycles. The Morgan fingerprint density at radius 2 is 1.84 bits per heavy atom. The number of hydrogen-bond acceptors (Lipinski definition) is 3. The first-order valence-electron chi connectivity index (χ1n) is 8.76. The van der Waals surface area contributed by atoms with E-state index in [0.29, 0.717) is 11.6 Å². The van der Waals surface area contributed by atoms with E-state index in [2.05, 4.69) is 41.5 Å². The molecule has 1 aromatic heterocycles. The number of para-hydroxylation sites is 2. The van der Waals surface area contributed by atoms with Crippen LogP contribution in [0.15, 0.2) is 54.6 Å². The minimum absolute atomic E-state index is 0.0701. The van der Waals surface area contributed by atoms with Gasteiger partial charge in [-0.15, -0.1) is 0 Å². The van der Waals surface area contributed by atoms with E-state index in [1.165, 1.54) is 24.1 Å². The topological polar surface area (TPSA) is 42.0 Å². The van der Waals surface area contributed by atoms with E-state index in [-0.39, 0.29) is 5.78 Å². The third-order valence-electron chi connectivity index (χ3n) is 4.56. The minimum atomic E-state index is 0.0701. The molecular formula is C22H24N2O. The van der Waals surface area contributed by atoms with Crippen LogP contribution in [-0.4, -0.2) is 16.8 Å². The molecule has 2 heterocycles. The molecular weight excluding hydrogens is 308 g/mol. The lowest BCUT2D eigenvalue weighted by Crippen LogP contribution is -2.21. The van der Waals surface area contributed by atoms with E-state index in [9.17, 15) is 4.79 Å². The van der Waals surface area contributed by atoms with Gasteiger partial charge in [-0.05, 0) is 57.4 Å². The molecule has 1 aliphatic rings. The van der Waals surface area contributed by atoms with Crippen molar-refractivity contribution in [2.75, 3.05) is 5.32 Å². The van der Waals surface area contributed by atoms with E-state index in [4.69, 9.17) is 0 Å². The Balaban J connectivity index is 0.000000150. The summed E-state index contributed by atoms with van der Waals surface area (Å²) in [5, 5.41) is 4.48. The maximum Gasteiger partial charge on any atom is 0.161 e. The molecule has 1 atom stereocenters. The van der Waals surface area contributed by atoms with E-state index < -0.39 is 0 Å².